The molecule has 0 aromatic heterocycles. The number of ether oxygens (including phenoxy) is 1. The lowest BCUT2D eigenvalue weighted by Gasteiger charge is -2.12. The molecule has 2 aromatic carbocycles. The summed E-state index contributed by atoms with van der Waals surface area (Å²) in [6, 6.07) is 9.38. The first-order valence-electron chi connectivity index (χ1n) is 5.55. The molecule has 0 unspecified atom stereocenters. The fourth-order valence-corrected chi connectivity index (χ4v) is 2.10. The molecule has 0 bridgehead atoms. The molecule has 0 amide bonds. The van der Waals surface area contributed by atoms with E-state index in [0.29, 0.717) is 4.47 Å². The highest BCUT2D eigenvalue weighted by atomic mass is 79.9. The van der Waals surface area contributed by atoms with E-state index in [9.17, 15) is 13.2 Å². The average Bonchev–Trinajstić information content (AvgIpc) is 2.42. The van der Waals surface area contributed by atoms with Crippen molar-refractivity contribution in [2.24, 2.45) is 0 Å². The lowest BCUT2D eigenvalue weighted by atomic mass is 10.1. The highest BCUT2D eigenvalue weighted by Gasteiger charge is 2.34. The molecule has 2 aromatic rings. The molecule has 0 spiro atoms. The molecule has 0 fully saturated rings. The average molecular weight is 377 g/mol. The first-order chi connectivity index (χ1) is 9.81. The van der Waals surface area contributed by atoms with Crippen LogP contribution in [0.25, 0.3) is 0 Å². The minimum atomic E-state index is -4.63. The summed E-state index contributed by atoms with van der Waals surface area (Å²) in [5.74, 6) is 0.158. The zero-order chi connectivity index (χ0) is 15.6. The molecular weight excluding hydrogens is 371 g/mol. The van der Waals surface area contributed by atoms with E-state index < -0.39 is 17.3 Å². The predicted octanol–water partition coefficient (Wildman–Crippen LogP) is 5.79. The van der Waals surface area contributed by atoms with Crippen molar-refractivity contribution in [1.29, 1.82) is 5.26 Å². The van der Waals surface area contributed by atoms with Crippen LogP contribution in [-0.2, 0) is 6.18 Å². The quantitative estimate of drug-likeness (QED) is 0.665. The summed E-state index contributed by atoms with van der Waals surface area (Å²) in [6.45, 7) is 0. The highest BCUT2D eigenvalue weighted by molar-refractivity contribution is 9.10. The van der Waals surface area contributed by atoms with Gasteiger partial charge in [0.15, 0.2) is 0 Å². The zero-order valence-corrected chi connectivity index (χ0v) is 12.6. The summed E-state index contributed by atoms with van der Waals surface area (Å²) in [5.41, 5.74) is -1.51. The summed E-state index contributed by atoms with van der Waals surface area (Å²) in [4.78, 5) is 0. The van der Waals surface area contributed by atoms with Gasteiger partial charge in [-0.1, -0.05) is 27.5 Å². The van der Waals surface area contributed by atoms with Crippen LogP contribution in [0.15, 0.2) is 40.9 Å². The van der Waals surface area contributed by atoms with Crippen molar-refractivity contribution in [2.75, 3.05) is 0 Å². The minimum absolute atomic E-state index is 0.0543. The molecule has 0 aliphatic heterocycles. The van der Waals surface area contributed by atoms with Gasteiger partial charge >= 0.3 is 6.18 Å². The number of rotatable bonds is 2. The first-order valence-corrected chi connectivity index (χ1v) is 6.72. The molecule has 0 atom stereocenters. The van der Waals surface area contributed by atoms with Gasteiger partial charge in [-0.25, -0.2) is 0 Å². The largest absolute Gasteiger partial charge is 0.456 e. The Morgan fingerprint density at radius 1 is 1.14 bits per heavy atom. The second kappa shape index (κ2) is 5.96. The van der Waals surface area contributed by atoms with E-state index in [1.165, 1.54) is 18.2 Å². The lowest BCUT2D eigenvalue weighted by molar-refractivity contribution is -0.137. The van der Waals surface area contributed by atoms with E-state index in [-0.39, 0.29) is 16.5 Å². The van der Waals surface area contributed by atoms with Crippen molar-refractivity contribution >= 4 is 27.5 Å². The Morgan fingerprint density at radius 2 is 1.86 bits per heavy atom. The van der Waals surface area contributed by atoms with E-state index in [4.69, 9.17) is 21.6 Å². The van der Waals surface area contributed by atoms with Crippen molar-refractivity contribution in [3.63, 3.8) is 0 Å². The Hall–Kier alpha value is -1.71. The van der Waals surface area contributed by atoms with Crippen molar-refractivity contribution in [2.45, 2.75) is 6.18 Å². The van der Waals surface area contributed by atoms with E-state index >= 15 is 0 Å². The monoisotopic (exact) mass is 375 g/mol. The molecular formula is C14H6BrClF3NO. The topological polar surface area (TPSA) is 33.0 Å². The van der Waals surface area contributed by atoms with Crippen LogP contribution in [0.2, 0.25) is 5.02 Å². The molecule has 21 heavy (non-hydrogen) atoms. The van der Waals surface area contributed by atoms with Crippen LogP contribution in [0, 0.1) is 11.3 Å². The third-order valence-corrected chi connectivity index (χ3v) is 3.34. The Balaban J connectivity index is 2.42. The fourth-order valence-electron chi connectivity index (χ4n) is 1.60. The number of benzene rings is 2. The number of nitrogens with zero attached hydrogens (tertiary/aromatic N) is 1. The molecule has 0 N–H and O–H groups in total. The standard InChI is InChI=1S/C14H6BrClF3NO/c15-9-2-4-12(16)13(5-9)21-10-3-1-8(7-20)11(6-10)14(17,18)19/h1-6H. The SMILES string of the molecule is N#Cc1ccc(Oc2cc(Br)ccc2Cl)cc1C(F)(F)F. The first kappa shape index (κ1) is 15.7. The Bertz CT molecular complexity index is 725. The van der Waals surface area contributed by atoms with E-state index in [1.807, 2.05) is 0 Å². The van der Waals surface area contributed by atoms with Crippen molar-refractivity contribution < 1.29 is 17.9 Å². The summed E-state index contributed by atoms with van der Waals surface area (Å²) in [7, 11) is 0. The zero-order valence-electron chi connectivity index (χ0n) is 10.2. The minimum Gasteiger partial charge on any atom is -0.456 e. The van der Waals surface area contributed by atoms with E-state index in [1.54, 1.807) is 12.1 Å². The summed E-state index contributed by atoms with van der Waals surface area (Å²) < 4.78 is 44.6. The van der Waals surface area contributed by atoms with Gasteiger partial charge in [0.2, 0.25) is 0 Å². The van der Waals surface area contributed by atoms with Crippen LogP contribution in [0.1, 0.15) is 11.1 Å². The molecule has 0 aliphatic rings. The summed E-state index contributed by atoms with van der Waals surface area (Å²) in [5, 5.41) is 8.99. The van der Waals surface area contributed by atoms with Crippen LogP contribution >= 0.6 is 27.5 Å². The maximum Gasteiger partial charge on any atom is 0.417 e. The number of nitriles is 1. The summed E-state index contributed by atoms with van der Waals surface area (Å²) in [6.07, 6.45) is -4.63. The Labute approximate surface area is 131 Å². The molecule has 2 nitrogen and oxygen atoms in total. The molecule has 2 rings (SSSR count). The van der Waals surface area contributed by atoms with Gasteiger partial charge in [-0.05, 0) is 36.4 Å². The molecule has 0 heterocycles. The Kier molecular flexibility index (Phi) is 4.45. The maximum atomic E-state index is 12.9. The molecule has 0 radical (unpaired) electrons. The third-order valence-electron chi connectivity index (χ3n) is 2.54. The summed E-state index contributed by atoms with van der Waals surface area (Å²) >= 11 is 9.13. The predicted molar refractivity (Wildman–Crippen MR) is 75.4 cm³/mol. The van der Waals surface area contributed by atoms with Gasteiger partial charge in [-0.15, -0.1) is 0 Å². The van der Waals surface area contributed by atoms with Crippen LogP contribution < -0.4 is 4.74 Å². The second-order valence-corrected chi connectivity index (χ2v) is 5.32. The highest BCUT2D eigenvalue weighted by Crippen LogP contribution is 2.37. The number of alkyl halides is 3. The number of halogens is 5. The van der Waals surface area contributed by atoms with Gasteiger partial charge in [0.1, 0.15) is 11.5 Å². The molecule has 108 valence electrons. The van der Waals surface area contributed by atoms with Gasteiger partial charge in [0.05, 0.1) is 22.2 Å². The second-order valence-electron chi connectivity index (χ2n) is 3.99. The maximum absolute atomic E-state index is 12.9. The van der Waals surface area contributed by atoms with Crippen molar-refractivity contribution in [3.05, 3.63) is 57.0 Å². The van der Waals surface area contributed by atoms with Gasteiger partial charge < -0.3 is 4.74 Å². The number of hydrogen-bond donors (Lipinski definition) is 0. The normalized spacial score (nSPS) is 11.0. The fraction of sp³-hybridized carbons (Fsp3) is 0.0714. The lowest BCUT2D eigenvalue weighted by Crippen LogP contribution is -2.07. The third kappa shape index (κ3) is 3.69. The van der Waals surface area contributed by atoms with Crippen molar-refractivity contribution in [1.82, 2.24) is 0 Å². The molecule has 7 heteroatoms. The van der Waals surface area contributed by atoms with Gasteiger partial charge in [-0.2, -0.15) is 18.4 Å². The smallest absolute Gasteiger partial charge is 0.417 e. The Morgan fingerprint density at radius 3 is 2.48 bits per heavy atom. The van der Waals surface area contributed by atoms with E-state index in [0.717, 1.165) is 12.1 Å². The van der Waals surface area contributed by atoms with Crippen LogP contribution in [-0.4, -0.2) is 0 Å². The van der Waals surface area contributed by atoms with Gasteiger partial charge in [0, 0.05) is 4.47 Å². The molecule has 0 saturated heterocycles. The van der Waals surface area contributed by atoms with E-state index in [2.05, 4.69) is 15.9 Å². The van der Waals surface area contributed by atoms with Crippen LogP contribution in [0.3, 0.4) is 0 Å². The van der Waals surface area contributed by atoms with Crippen LogP contribution in [0.4, 0.5) is 13.2 Å². The van der Waals surface area contributed by atoms with Crippen LogP contribution in [0.5, 0.6) is 11.5 Å². The molecule has 0 aliphatic carbocycles. The van der Waals surface area contributed by atoms with Gasteiger partial charge in [0.25, 0.3) is 0 Å². The van der Waals surface area contributed by atoms with Crippen molar-refractivity contribution in [3.8, 4) is 17.6 Å². The molecule has 0 saturated carbocycles. The van der Waals surface area contributed by atoms with Gasteiger partial charge in [-0.3, -0.25) is 0 Å². The number of hydrogen-bond acceptors (Lipinski definition) is 2.